The Morgan fingerprint density at radius 3 is 2.41 bits per heavy atom. The molecule has 0 aliphatic heterocycles. The van der Waals surface area contributed by atoms with Crippen molar-refractivity contribution in [2.45, 2.75) is 45.5 Å². The van der Waals surface area contributed by atoms with Gasteiger partial charge in [-0.25, -0.2) is 0 Å². The monoisotopic (exact) mass is 320 g/mol. The summed E-state index contributed by atoms with van der Waals surface area (Å²) in [4.78, 5) is 12.2. The lowest BCUT2D eigenvalue weighted by Gasteiger charge is -2.30. The van der Waals surface area contributed by atoms with Crippen LogP contribution in [0.2, 0.25) is 19.6 Å². The van der Waals surface area contributed by atoms with Gasteiger partial charge in [0.25, 0.3) is 0 Å². The fourth-order valence-electron chi connectivity index (χ4n) is 2.36. The molecule has 0 heterocycles. The Balaban J connectivity index is 2.81. The highest BCUT2D eigenvalue weighted by molar-refractivity contribution is 6.69. The summed E-state index contributed by atoms with van der Waals surface area (Å²) < 4.78 is 11.4. The summed E-state index contributed by atoms with van der Waals surface area (Å²) in [6.45, 7) is 12.4. The molecule has 0 bridgehead atoms. The average molecular weight is 321 g/mol. The molecule has 2 atom stereocenters. The number of rotatable bonds is 9. The maximum atomic E-state index is 12.2. The van der Waals surface area contributed by atoms with Crippen LogP contribution in [0, 0.1) is 5.92 Å². The first-order chi connectivity index (χ1) is 10.4. The SMILES string of the molecule is C=C[C@@H](C(=O)OCC)[C@@H](CCc1ccccc1)O[Si](C)(C)C. The molecule has 0 radical (unpaired) electrons. The molecule has 0 amide bonds. The van der Waals surface area contributed by atoms with E-state index in [2.05, 4.69) is 38.4 Å². The van der Waals surface area contributed by atoms with Gasteiger partial charge in [0.2, 0.25) is 0 Å². The third-order valence-electron chi connectivity index (χ3n) is 3.28. The second-order valence-electron chi connectivity index (χ2n) is 6.31. The first kappa shape index (κ1) is 18.7. The van der Waals surface area contributed by atoms with Crippen molar-refractivity contribution in [3.63, 3.8) is 0 Å². The van der Waals surface area contributed by atoms with Gasteiger partial charge >= 0.3 is 5.97 Å². The maximum absolute atomic E-state index is 12.2. The van der Waals surface area contributed by atoms with E-state index < -0.39 is 14.2 Å². The van der Waals surface area contributed by atoms with Crippen LogP contribution in [0.5, 0.6) is 0 Å². The normalized spacial score (nSPS) is 14.2. The van der Waals surface area contributed by atoms with Gasteiger partial charge in [0.1, 0.15) is 0 Å². The van der Waals surface area contributed by atoms with E-state index in [1.807, 2.05) is 25.1 Å². The molecule has 1 aromatic carbocycles. The number of carbonyl (C=O) groups is 1. The lowest BCUT2D eigenvalue weighted by Crippen LogP contribution is -2.39. The van der Waals surface area contributed by atoms with Crippen molar-refractivity contribution in [3.8, 4) is 0 Å². The lowest BCUT2D eigenvalue weighted by molar-refractivity contribution is -0.149. The highest BCUT2D eigenvalue weighted by Gasteiger charge is 2.31. The molecule has 0 fully saturated rings. The van der Waals surface area contributed by atoms with Gasteiger partial charge in [-0.2, -0.15) is 0 Å². The third-order valence-corrected chi connectivity index (χ3v) is 4.29. The van der Waals surface area contributed by atoms with E-state index in [9.17, 15) is 4.79 Å². The van der Waals surface area contributed by atoms with E-state index in [-0.39, 0.29) is 12.1 Å². The summed E-state index contributed by atoms with van der Waals surface area (Å²) in [5.41, 5.74) is 1.25. The van der Waals surface area contributed by atoms with Crippen molar-refractivity contribution in [1.29, 1.82) is 0 Å². The number of hydrogen-bond donors (Lipinski definition) is 0. The molecule has 0 aromatic heterocycles. The topological polar surface area (TPSA) is 35.5 Å². The Labute approximate surface area is 135 Å². The molecule has 0 spiro atoms. The minimum absolute atomic E-state index is 0.177. The molecule has 22 heavy (non-hydrogen) atoms. The van der Waals surface area contributed by atoms with Crippen LogP contribution in [0.15, 0.2) is 43.0 Å². The number of hydrogen-bond acceptors (Lipinski definition) is 3. The molecule has 122 valence electrons. The van der Waals surface area contributed by atoms with Gasteiger partial charge in [-0.3, -0.25) is 4.79 Å². The van der Waals surface area contributed by atoms with E-state index in [4.69, 9.17) is 9.16 Å². The maximum Gasteiger partial charge on any atom is 0.315 e. The Hall–Kier alpha value is -1.39. The first-order valence-corrected chi connectivity index (χ1v) is 11.3. The van der Waals surface area contributed by atoms with Crippen LogP contribution in [0.4, 0.5) is 0 Å². The summed E-state index contributed by atoms with van der Waals surface area (Å²) in [6, 6.07) is 10.3. The molecule has 0 aliphatic carbocycles. The minimum Gasteiger partial charge on any atom is -0.465 e. The zero-order valence-electron chi connectivity index (χ0n) is 14.2. The Bertz CT molecular complexity index is 465. The molecular weight excluding hydrogens is 292 g/mol. The Kier molecular flexibility index (Phi) is 7.55. The second-order valence-corrected chi connectivity index (χ2v) is 10.8. The quantitative estimate of drug-likeness (QED) is 0.388. The van der Waals surface area contributed by atoms with Gasteiger partial charge in [-0.1, -0.05) is 36.4 Å². The van der Waals surface area contributed by atoms with Gasteiger partial charge in [0.05, 0.1) is 18.6 Å². The first-order valence-electron chi connectivity index (χ1n) is 7.88. The van der Waals surface area contributed by atoms with Gasteiger partial charge in [0, 0.05) is 0 Å². The molecule has 0 unspecified atom stereocenters. The summed E-state index contributed by atoms with van der Waals surface area (Å²) in [6.07, 6.45) is 3.14. The predicted molar refractivity (Wildman–Crippen MR) is 93.3 cm³/mol. The van der Waals surface area contributed by atoms with Crippen LogP contribution in [-0.2, 0) is 20.4 Å². The van der Waals surface area contributed by atoms with Crippen molar-refractivity contribution in [2.75, 3.05) is 6.61 Å². The number of benzene rings is 1. The molecule has 0 aliphatic rings. The molecule has 1 aromatic rings. The van der Waals surface area contributed by atoms with E-state index >= 15 is 0 Å². The van der Waals surface area contributed by atoms with Crippen LogP contribution in [0.1, 0.15) is 18.9 Å². The molecule has 0 N–H and O–H groups in total. The highest BCUT2D eigenvalue weighted by Crippen LogP contribution is 2.22. The van der Waals surface area contributed by atoms with E-state index in [1.165, 1.54) is 5.56 Å². The smallest absolute Gasteiger partial charge is 0.315 e. The van der Waals surface area contributed by atoms with Gasteiger partial charge in [-0.05, 0) is 45.0 Å². The van der Waals surface area contributed by atoms with Gasteiger partial charge in [0.15, 0.2) is 8.32 Å². The van der Waals surface area contributed by atoms with Crippen molar-refractivity contribution in [1.82, 2.24) is 0 Å². The van der Waals surface area contributed by atoms with E-state index in [1.54, 1.807) is 6.08 Å². The van der Waals surface area contributed by atoms with Crippen molar-refractivity contribution < 1.29 is 14.0 Å². The number of ether oxygens (including phenoxy) is 1. The zero-order chi connectivity index (χ0) is 16.6. The van der Waals surface area contributed by atoms with Gasteiger partial charge in [-0.15, -0.1) is 6.58 Å². The number of carbonyl (C=O) groups excluding carboxylic acids is 1. The molecule has 3 nitrogen and oxygen atoms in total. The van der Waals surface area contributed by atoms with Crippen LogP contribution >= 0.6 is 0 Å². The average Bonchev–Trinajstić information content (AvgIpc) is 2.45. The predicted octanol–water partition coefficient (Wildman–Crippen LogP) is 4.20. The van der Waals surface area contributed by atoms with Crippen molar-refractivity contribution >= 4 is 14.3 Å². The van der Waals surface area contributed by atoms with Gasteiger partial charge < -0.3 is 9.16 Å². The summed E-state index contributed by atoms with van der Waals surface area (Å²) in [7, 11) is -1.76. The Morgan fingerprint density at radius 2 is 1.91 bits per heavy atom. The fourth-order valence-corrected chi connectivity index (χ4v) is 3.53. The van der Waals surface area contributed by atoms with Crippen LogP contribution < -0.4 is 0 Å². The zero-order valence-corrected chi connectivity index (χ0v) is 15.2. The van der Waals surface area contributed by atoms with E-state index in [0.29, 0.717) is 6.61 Å². The van der Waals surface area contributed by atoms with Crippen LogP contribution in [0.3, 0.4) is 0 Å². The highest BCUT2D eigenvalue weighted by atomic mass is 28.4. The molecule has 1 rings (SSSR count). The Morgan fingerprint density at radius 1 is 1.27 bits per heavy atom. The largest absolute Gasteiger partial charge is 0.465 e. The van der Waals surface area contributed by atoms with Crippen molar-refractivity contribution in [3.05, 3.63) is 48.6 Å². The lowest BCUT2D eigenvalue weighted by atomic mass is 9.96. The van der Waals surface area contributed by atoms with Crippen LogP contribution in [0.25, 0.3) is 0 Å². The summed E-state index contributed by atoms with van der Waals surface area (Å²) in [5, 5.41) is 0. The van der Waals surface area contributed by atoms with Crippen LogP contribution in [-0.4, -0.2) is 27.0 Å². The molecule has 0 saturated carbocycles. The standard InChI is InChI=1S/C18H28O3Si/c1-6-16(18(19)20-7-2)17(21-22(3,4)5)14-13-15-11-9-8-10-12-15/h6,8-12,16-17H,1,7,13-14H2,2-5H3/t16-,17-/m1/s1. The molecule has 0 saturated heterocycles. The number of aryl methyl sites for hydroxylation is 1. The number of esters is 1. The molecule has 4 heteroatoms. The second kappa shape index (κ2) is 8.91. The minimum atomic E-state index is -1.76. The van der Waals surface area contributed by atoms with Crippen molar-refractivity contribution in [2.24, 2.45) is 5.92 Å². The van der Waals surface area contributed by atoms with E-state index in [0.717, 1.165) is 12.8 Å². The molecular formula is C18H28O3Si. The summed E-state index contributed by atoms with van der Waals surface area (Å²) in [5.74, 6) is -0.649. The fraction of sp³-hybridized carbons (Fsp3) is 0.500. The summed E-state index contributed by atoms with van der Waals surface area (Å²) >= 11 is 0. The third kappa shape index (κ3) is 6.58.